The van der Waals surface area contributed by atoms with Crippen LogP contribution in [0.25, 0.3) is 11.0 Å². The zero-order chi connectivity index (χ0) is 26.0. The van der Waals surface area contributed by atoms with Crippen LogP contribution < -0.4 is 14.9 Å². The maximum Gasteiger partial charge on any atom is 0.290 e. The number of carbonyl (C=O) groups is 1. The standard InChI is InChI=1S/C29H34ClNO5/c1-6-7-8-12-31-26(19-9-10-22(24(15-19)34-5)35-13-11-17(2)3)25-27(32)20-16-21(30)18(4)14-23(20)36-28(25)29(31)33/h9-10,14-17,26H,6-8,11-13H2,1-5H3. The van der Waals surface area contributed by atoms with Crippen LogP contribution in [0.5, 0.6) is 11.5 Å². The number of amides is 1. The van der Waals surface area contributed by atoms with Crippen LogP contribution in [0.15, 0.2) is 39.5 Å². The van der Waals surface area contributed by atoms with Crippen molar-refractivity contribution in [2.24, 2.45) is 5.92 Å². The molecule has 192 valence electrons. The third-order valence-corrected chi connectivity index (χ3v) is 7.11. The van der Waals surface area contributed by atoms with Crippen LogP contribution in [-0.4, -0.2) is 31.1 Å². The van der Waals surface area contributed by atoms with Gasteiger partial charge >= 0.3 is 0 Å². The van der Waals surface area contributed by atoms with Crippen LogP contribution >= 0.6 is 11.6 Å². The molecule has 4 rings (SSSR count). The summed E-state index contributed by atoms with van der Waals surface area (Å²) in [5.74, 6) is 1.56. The van der Waals surface area contributed by atoms with E-state index in [4.69, 9.17) is 25.5 Å². The number of halogens is 1. The van der Waals surface area contributed by atoms with Crippen molar-refractivity contribution in [2.75, 3.05) is 20.3 Å². The van der Waals surface area contributed by atoms with Crippen molar-refractivity contribution < 1.29 is 18.7 Å². The quantitative estimate of drug-likeness (QED) is 0.276. The molecule has 1 aliphatic rings. The maximum atomic E-state index is 13.8. The van der Waals surface area contributed by atoms with Gasteiger partial charge in [-0.15, -0.1) is 0 Å². The van der Waals surface area contributed by atoms with Crippen molar-refractivity contribution in [3.05, 3.63) is 68.0 Å². The lowest BCUT2D eigenvalue weighted by Crippen LogP contribution is -2.30. The lowest BCUT2D eigenvalue weighted by molar-refractivity contribution is 0.0724. The normalized spacial score (nSPS) is 15.1. The van der Waals surface area contributed by atoms with Gasteiger partial charge < -0.3 is 18.8 Å². The number of benzene rings is 2. The van der Waals surface area contributed by atoms with Gasteiger partial charge in [-0.25, -0.2) is 0 Å². The summed E-state index contributed by atoms with van der Waals surface area (Å²) < 4.78 is 17.7. The van der Waals surface area contributed by atoms with E-state index in [0.717, 1.165) is 36.8 Å². The summed E-state index contributed by atoms with van der Waals surface area (Å²) in [5.41, 5.74) is 2.04. The van der Waals surface area contributed by atoms with E-state index in [9.17, 15) is 9.59 Å². The van der Waals surface area contributed by atoms with Gasteiger partial charge in [0.15, 0.2) is 16.9 Å². The Bertz CT molecular complexity index is 1330. The van der Waals surface area contributed by atoms with Crippen LogP contribution in [0.1, 0.15) is 79.7 Å². The number of nitrogens with zero attached hydrogens (tertiary/aromatic N) is 1. The van der Waals surface area contributed by atoms with E-state index in [-0.39, 0.29) is 17.1 Å². The highest BCUT2D eigenvalue weighted by Crippen LogP contribution is 2.41. The van der Waals surface area contributed by atoms with Crippen LogP contribution in [0.3, 0.4) is 0 Å². The van der Waals surface area contributed by atoms with Gasteiger partial charge in [0.2, 0.25) is 5.76 Å². The van der Waals surface area contributed by atoms with Crippen LogP contribution in [-0.2, 0) is 0 Å². The van der Waals surface area contributed by atoms with E-state index in [2.05, 4.69) is 20.8 Å². The third-order valence-electron chi connectivity index (χ3n) is 6.71. The maximum absolute atomic E-state index is 13.8. The molecule has 3 aromatic rings. The topological polar surface area (TPSA) is 69.0 Å². The predicted molar refractivity (Wildman–Crippen MR) is 143 cm³/mol. The average Bonchev–Trinajstić information content (AvgIpc) is 3.12. The van der Waals surface area contributed by atoms with E-state index < -0.39 is 6.04 Å². The van der Waals surface area contributed by atoms with Gasteiger partial charge in [0, 0.05) is 11.6 Å². The minimum atomic E-state index is -0.580. The summed E-state index contributed by atoms with van der Waals surface area (Å²) in [6.07, 6.45) is 3.77. The van der Waals surface area contributed by atoms with Gasteiger partial charge in [0.05, 0.1) is 30.7 Å². The molecule has 7 heteroatoms. The van der Waals surface area contributed by atoms with Crippen LogP contribution in [0.2, 0.25) is 5.02 Å². The molecule has 2 heterocycles. The lowest BCUT2D eigenvalue weighted by Gasteiger charge is -2.26. The monoisotopic (exact) mass is 511 g/mol. The van der Waals surface area contributed by atoms with Crippen molar-refractivity contribution in [3.8, 4) is 11.5 Å². The first-order valence-electron chi connectivity index (χ1n) is 12.6. The van der Waals surface area contributed by atoms with Gasteiger partial charge in [0.1, 0.15) is 5.58 Å². The van der Waals surface area contributed by atoms with Gasteiger partial charge in [-0.2, -0.15) is 0 Å². The molecule has 1 amide bonds. The Balaban J connectivity index is 1.83. The molecule has 1 aromatic heterocycles. The second-order valence-electron chi connectivity index (χ2n) is 9.82. The van der Waals surface area contributed by atoms with Crippen LogP contribution in [0, 0.1) is 12.8 Å². The number of aryl methyl sites for hydroxylation is 1. The largest absolute Gasteiger partial charge is 0.493 e. The van der Waals surface area contributed by atoms with E-state index in [1.165, 1.54) is 0 Å². The van der Waals surface area contributed by atoms with E-state index in [0.29, 0.717) is 52.1 Å². The van der Waals surface area contributed by atoms with E-state index in [1.54, 1.807) is 24.1 Å². The Morgan fingerprint density at radius 2 is 1.89 bits per heavy atom. The van der Waals surface area contributed by atoms with Crippen molar-refractivity contribution in [3.63, 3.8) is 0 Å². The zero-order valence-corrected chi connectivity index (χ0v) is 22.4. The first kappa shape index (κ1) is 26.1. The molecule has 0 spiro atoms. The number of hydrogen-bond acceptors (Lipinski definition) is 5. The van der Waals surface area contributed by atoms with Crippen molar-refractivity contribution in [1.29, 1.82) is 0 Å². The number of rotatable bonds is 10. The molecule has 0 fully saturated rings. The molecule has 1 aliphatic heterocycles. The molecule has 0 bridgehead atoms. The second kappa shape index (κ2) is 11.0. The van der Waals surface area contributed by atoms with E-state index >= 15 is 0 Å². The smallest absolute Gasteiger partial charge is 0.290 e. The van der Waals surface area contributed by atoms with Gasteiger partial charge in [-0.1, -0.05) is 51.3 Å². The fourth-order valence-corrected chi connectivity index (χ4v) is 4.79. The van der Waals surface area contributed by atoms with Gasteiger partial charge in [0.25, 0.3) is 5.91 Å². The number of hydrogen-bond donors (Lipinski definition) is 0. The third kappa shape index (κ3) is 4.96. The molecule has 6 nitrogen and oxygen atoms in total. The Morgan fingerprint density at radius 1 is 1.11 bits per heavy atom. The van der Waals surface area contributed by atoms with Crippen molar-refractivity contribution in [1.82, 2.24) is 4.90 Å². The lowest BCUT2D eigenvalue weighted by atomic mass is 9.97. The molecule has 1 unspecified atom stereocenters. The number of unbranched alkanes of at least 4 members (excludes halogenated alkanes) is 2. The number of ether oxygens (including phenoxy) is 2. The fraction of sp³-hybridized carbons (Fsp3) is 0.448. The van der Waals surface area contributed by atoms with Gasteiger partial charge in [-0.05, 0) is 61.1 Å². The highest BCUT2D eigenvalue weighted by atomic mass is 35.5. The minimum absolute atomic E-state index is 0.104. The summed E-state index contributed by atoms with van der Waals surface area (Å²) in [6.45, 7) is 9.35. The first-order valence-corrected chi connectivity index (χ1v) is 13.0. The molecule has 2 aromatic carbocycles. The summed E-state index contributed by atoms with van der Waals surface area (Å²) >= 11 is 6.34. The molecule has 0 aliphatic carbocycles. The summed E-state index contributed by atoms with van der Waals surface area (Å²) in [7, 11) is 1.59. The molecule has 36 heavy (non-hydrogen) atoms. The molecular formula is C29H34ClNO5. The molecule has 0 saturated heterocycles. The minimum Gasteiger partial charge on any atom is -0.493 e. The Labute approximate surface area is 217 Å². The highest BCUT2D eigenvalue weighted by molar-refractivity contribution is 6.32. The first-order chi connectivity index (χ1) is 17.3. The predicted octanol–water partition coefficient (Wildman–Crippen LogP) is 6.92. The molecule has 1 atom stereocenters. The number of fused-ring (bicyclic) bond motifs is 2. The van der Waals surface area contributed by atoms with Crippen molar-refractivity contribution >= 4 is 28.5 Å². The summed E-state index contributed by atoms with van der Waals surface area (Å²) in [5, 5.41) is 0.859. The fourth-order valence-electron chi connectivity index (χ4n) is 4.63. The van der Waals surface area contributed by atoms with Crippen molar-refractivity contribution in [2.45, 2.75) is 59.4 Å². The Morgan fingerprint density at radius 3 is 2.58 bits per heavy atom. The SMILES string of the molecule is CCCCCN1C(=O)c2oc3cc(C)c(Cl)cc3c(=O)c2C1c1ccc(OCCC(C)C)c(OC)c1. The van der Waals surface area contributed by atoms with Crippen LogP contribution in [0.4, 0.5) is 0 Å². The molecule has 0 radical (unpaired) electrons. The number of methoxy groups -OCH3 is 1. The Kier molecular flexibility index (Phi) is 7.94. The summed E-state index contributed by atoms with van der Waals surface area (Å²) in [6, 6.07) is 8.38. The molecular weight excluding hydrogens is 478 g/mol. The molecule has 0 N–H and O–H groups in total. The van der Waals surface area contributed by atoms with Gasteiger partial charge in [-0.3, -0.25) is 9.59 Å². The Hall–Kier alpha value is -2.99. The average molecular weight is 512 g/mol. The summed E-state index contributed by atoms with van der Waals surface area (Å²) in [4.78, 5) is 29.1. The zero-order valence-electron chi connectivity index (χ0n) is 21.7. The highest BCUT2D eigenvalue weighted by Gasteiger charge is 2.42. The van der Waals surface area contributed by atoms with E-state index in [1.807, 2.05) is 25.1 Å². The number of carbonyl (C=O) groups excluding carboxylic acids is 1. The molecule has 0 saturated carbocycles. The second-order valence-corrected chi connectivity index (χ2v) is 10.2.